The van der Waals surface area contributed by atoms with Crippen LogP contribution in [0.3, 0.4) is 0 Å². The van der Waals surface area contributed by atoms with E-state index in [4.69, 9.17) is 0 Å². The topological polar surface area (TPSA) is 54.0 Å². The first-order valence-corrected chi connectivity index (χ1v) is 9.82. The van der Waals surface area contributed by atoms with Crippen LogP contribution in [0.5, 0.6) is 0 Å². The molecule has 156 valence electrons. The van der Waals surface area contributed by atoms with Gasteiger partial charge in [0.1, 0.15) is 11.6 Å². The van der Waals surface area contributed by atoms with Gasteiger partial charge in [-0.2, -0.15) is 0 Å². The number of benzene rings is 3. The SMILES string of the molecule is Cc1cc(C)c2ncc(NC(=O)Nc3ccc(F)cc3F)c(-c3ccccc3C)c2c1. The number of pyridine rings is 1. The van der Waals surface area contributed by atoms with Crippen LogP contribution in [0.4, 0.5) is 25.0 Å². The lowest BCUT2D eigenvalue weighted by Crippen LogP contribution is -2.21. The summed E-state index contributed by atoms with van der Waals surface area (Å²) < 4.78 is 27.1. The van der Waals surface area contributed by atoms with E-state index in [0.29, 0.717) is 5.69 Å². The molecule has 0 bridgehead atoms. The monoisotopic (exact) mass is 417 g/mol. The van der Waals surface area contributed by atoms with Crippen molar-refractivity contribution in [3.05, 3.63) is 89.1 Å². The average molecular weight is 417 g/mol. The number of hydrogen-bond donors (Lipinski definition) is 2. The molecule has 6 heteroatoms. The summed E-state index contributed by atoms with van der Waals surface area (Å²) in [6.45, 7) is 6.02. The van der Waals surface area contributed by atoms with Crippen LogP contribution in [-0.4, -0.2) is 11.0 Å². The Kier molecular flexibility index (Phi) is 5.38. The van der Waals surface area contributed by atoms with Crippen molar-refractivity contribution in [1.29, 1.82) is 0 Å². The third-order valence-electron chi connectivity index (χ3n) is 5.15. The average Bonchev–Trinajstić information content (AvgIpc) is 2.70. The lowest BCUT2D eigenvalue weighted by Gasteiger charge is -2.17. The number of carbonyl (C=O) groups is 1. The second kappa shape index (κ2) is 8.14. The van der Waals surface area contributed by atoms with Gasteiger partial charge in [0, 0.05) is 17.0 Å². The van der Waals surface area contributed by atoms with Crippen molar-refractivity contribution < 1.29 is 13.6 Å². The molecule has 2 N–H and O–H groups in total. The van der Waals surface area contributed by atoms with Crippen LogP contribution in [0.2, 0.25) is 0 Å². The minimum Gasteiger partial charge on any atom is -0.306 e. The van der Waals surface area contributed by atoms with Gasteiger partial charge in [-0.1, -0.05) is 35.9 Å². The highest BCUT2D eigenvalue weighted by Gasteiger charge is 2.17. The van der Waals surface area contributed by atoms with E-state index in [1.54, 1.807) is 6.20 Å². The fourth-order valence-electron chi connectivity index (χ4n) is 3.77. The molecule has 0 atom stereocenters. The number of aryl methyl sites for hydroxylation is 3. The molecule has 0 spiro atoms. The summed E-state index contributed by atoms with van der Waals surface area (Å²) in [6.07, 6.45) is 1.60. The van der Waals surface area contributed by atoms with Crippen LogP contribution in [-0.2, 0) is 0 Å². The van der Waals surface area contributed by atoms with Crippen LogP contribution < -0.4 is 10.6 Å². The summed E-state index contributed by atoms with van der Waals surface area (Å²) in [6, 6.07) is 14.3. The number of nitrogens with one attached hydrogen (secondary N) is 2. The maximum atomic E-state index is 13.9. The van der Waals surface area contributed by atoms with Crippen LogP contribution in [0.25, 0.3) is 22.0 Å². The molecular formula is C25H21F2N3O. The Hall–Kier alpha value is -3.80. The Bertz CT molecular complexity index is 1320. The number of nitrogens with zero attached hydrogens (tertiary/aromatic N) is 1. The number of urea groups is 1. The summed E-state index contributed by atoms with van der Waals surface area (Å²) in [7, 11) is 0. The fraction of sp³-hybridized carbons (Fsp3) is 0.120. The summed E-state index contributed by atoms with van der Waals surface area (Å²) in [5, 5.41) is 6.13. The molecule has 0 saturated carbocycles. The summed E-state index contributed by atoms with van der Waals surface area (Å²) in [5.74, 6) is -1.56. The Balaban J connectivity index is 1.81. The van der Waals surface area contributed by atoms with E-state index in [-0.39, 0.29) is 5.69 Å². The first kappa shape index (κ1) is 20.5. The van der Waals surface area contributed by atoms with E-state index in [9.17, 15) is 13.6 Å². The van der Waals surface area contributed by atoms with Gasteiger partial charge in [0.15, 0.2) is 0 Å². The lowest BCUT2D eigenvalue weighted by atomic mass is 9.94. The van der Waals surface area contributed by atoms with Crippen molar-refractivity contribution in [1.82, 2.24) is 4.98 Å². The van der Waals surface area contributed by atoms with Crippen molar-refractivity contribution in [2.45, 2.75) is 20.8 Å². The third-order valence-corrected chi connectivity index (χ3v) is 5.15. The molecule has 3 aromatic carbocycles. The smallest absolute Gasteiger partial charge is 0.306 e. The predicted molar refractivity (Wildman–Crippen MR) is 120 cm³/mol. The molecule has 0 aliphatic rings. The van der Waals surface area contributed by atoms with Crippen molar-refractivity contribution in [3.63, 3.8) is 0 Å². The van der Waals surface area contributed by atoms with Crippen LogP contribution >= 0.6 is 0 Å². The van der Waals surface area contributed by atoms with Crippen LogP contribution in [0, 0.1) is 32.4 Å². The van der Waals surface area contributed by atoms with Gasteiger partial charge >= 0.3 is 6.03 Å². The van der Waals surface area contributed by atoms with Gasteiger partial charge in [-0.15, -0.1) is 0 Å². The molecule has 0 radical (unpaired) electrons. The summed E-state index contributed by atoms with van der Waals surface area (Å²) in [4.78, 5) is 17.2. The molecule has 4 aromatic rings. The van der Waals surface area contributed by atoms with Gasteiger partial charge < -0.3 is 10.6 Å². The number of amides is 2. The second-order valence-corrected chi connectivity index (χ2v) is 7.54. The zero-order valence-corrected chi connectivity index (χ0v) is 17.4. The van der Waals surface area contributed by atoms with E-state index in [1.165, 1.54) is 6.07 Å². The molecular weight excluding hydrogens is 396 g/mol. The minimum atomic E-state index is -0.850. The molecule has 2 amide bonds. The minimum absolute atomic E-state index is 0.114. The zero-order valence-electron chi connectivity index (χ0n) is 17.4. The second-order valence-electron chi connectivity index (χ2n) is 7.54. The van der Waals surface area contributed by atoms with Crippen molar-refractivity contribution in [2.75, 3.05) is 10.6 Å². The number of aromatic nitrogens is 1. The number of fused-ring (bicyclic) bond motifs is 1. The summed E-state index contributed by atoms with van der Waals surface area (Å²) in [5.41, 5.74) is 6.18. The number of halogens is 2. The van der Waals surface area contributed by atoms with Gasteiger partial charge in [-0.3, -0.25) is 4.98 Å². The maximum absolute atomic E-state index is 13.9. The lowest BCUT2D eigenvalue weighted by molar-refractivity contribution is 0.262. The van der Waals surface area contributed by atoms with Gasteiger partial charge in [0.05, 0.1) is 23.1 Å². The van der Waals surface area contributed by atoms with E-state index in [1.807, 2.05) is 51.1 Å². The maximum Gasteiger partial charge on any atom is 0.323 e. The summed E-state index contributed by atoms with van der Waals surface area (Å²) >= 11 is 0. The van der Waals surface area contributed by atoms with Crippen molar-refractivity contribution in [2.24, 2.45) is 0 Å². The van der Waals surface area contributed by atoms with E-state index >= 15 is 0 Å². The van der Waals surface area contributed by atoms with Gasteiger partial charge in [0.25, 0.3) is 0 Å². The van der Waals surface area contributed by atoms with E-state index in [2.05, 4.69) is 21.7 Å². The number of hydrogen-bond acceptors (Lipinski definition) is 2. The first-order valence-electron chi connectivity index (χ1n) is 9.82. The molecule has 4 rings (SSSR count). The highest BCUT2D eigenvalue weighted by atomic mass is 19.1. The molecule has 0 aliphatic heterocycles. The number of anilines is 2. The highest BCUT2D eigenvalue weighted by molar-refractivity contribution is 6.08. The Morgan fingerprint density at radius 3 is 2.35 bits per heavy atom. The third kappa shape index (κ3) is 4.10. The van der Waals surface area contributed by atoms with Crippen LogP contribution in [0.1, 0.15) is 16.7 Å². The van der Waals surface area contributed by atoms with Crippen molar-refractivity contribution >= 4 is 28.3 Å². The Labute approximate surface area is 178 Å². The highest BCUT2D eigenvalue weighted by Crippen LogP contribution is 2.37. The van der Waals surface area contributed by atoms with Gasteiger partial charge in [-0.05, 0) is 55.7 Å². The van der Waals surface area contributed by atoms with Crippen LogP contribution in [0.15, 0.2) is 60.8 Å². The van der Waals surface area contributed by atoms with Gasteiger partial charge in [0.2, 0.25) is 0 Å². The number of carbonyl (C=O) groups excluding carboxylic acids is 1. The fourth-order valence-corrected chi connectivity index (χ4v) is 3.77. The molecule has 0 unspecified atom stereocenters. The molecule has 0 saturated heterocycles. The van der Waals surface area contributed by atoms with Gasteiger partial charge in [-0.25, -0.2) is 13.6 Å². The molecule has 4 nitrogen and oxygen atoms in total. The zero-order chi connectivity index (χ0) is 22.1. The molecule has 1 heterocycles. The standard InChI is InChI=1S/C25H21F2N3O/c1-14-10-16(3)24-19(11-14)23(18-7-5-4-6-15(18)2)22(13-28-24)30-25(31)29-21-9-8-17(26)12-20(21)27/h4-13H,1-3H3,(H2,29,30,31). The Morgan fingerprint density at radius 2 is 1.61 bits per heavy atom. The van der Waals surface area contributed by atoms with E-state index < -0.39 is 17.7 Å². The Morgan fingerprint density at radius 1 is 0.871 bits per heavy atom. The van der Waals surface area contributed by atoms with Crippen molar-refractivity contribution in [3.8, 4) is 11.1 Å². The first-order chi connectivity index (χ1) is 14.8. The molecule has 1 aromatic heterocycles. The normalized spacial score (nSPS) is 10.9. The quantitative estimate of drug-likeness (QED) is 0.387. The number of rotatable bonds is 3. The van der Waals surface area contributed by atoms with E-state index in [0.717, 1.165) is 50.9 Å². The molecule has 31 heavy (non-hydrogen) atoms. The predicted octanol–water partition coefficient (Wildman–Crippen LogP) is 6.75. The molecule has 0 fully saturated rings. The largest absolute Gasteiger partial charge is 0.323 e. The molecule has 0 aliphatic carbocycles.